The lowest BCUT2D eigenvalue weighted by Crippen LogP contribution is -2.26. The van der Waals surface area contributed by atoms with Crippen LogP contribution >= 0.6 is 23.5 Å². The van der Waals surface area contributed by atoms with Crippen LogP contribution in [0.25, 0.3) is 0 Å². The minimum absolute atomic E-state index is 0.255. The minimum atomic E-state index is -0.674. The summed E-state index contributed by atoms with van der Waals surface area (Å²) in [4.78, 5) is 11.0. The third-order valence-electron chi connectivity index (χ3n) is 3.17. The Morgan fingerprint density at radius 2 is 2.00 bits per heavy atom. The van der Waals surface area contributed by atoms with Gasteiger partial charge in [-0.25, -0.2) is 0 Å². The van der Waals surface area contributed by atoms with Gasteiger partial charge in [-0.15, -0.1) is 23.5 Å². The Bertz CT molecular complexity index is 272. The van der Waals surface area contributed by atoms with Crippen molar-refractivity contribution in [2.24, 2.45) is 17.8 Å². The number of hydrogen-bond acceptors (Lipinski definition) is 3. The van der Waals surface area contributed by atoms with Crippen LogP contribution in [-0.4, -0.2) is 27.2 Å². The van der Waals surface area contributed by atoms with Gasteiger partial charge in [0.25, 0.3) is 0 Å². The van der Waals surface area contributed by atoms with E-state index in [9.17, 15) is 4.79 Å². The normalized spacial score (nSPS) is 37.0. The van der Waals surface area contributed by atoms with Crippen LogP contribution in [0.1, 0.15) is 13.3 Å². The highest BCUT2D eigenvalue weighted by Gasteiger charge is 2.37. The molecule has 0 aromatic rings. The minimum Gasteiger partial charge on any atom is -0.481 e. The molecule has 1 N–H and O–H groups in total. The summed E-state index contributed by atoms with van der Waals surface area (Å²) in [6.45, 7) is 2.07. The van der Waals surface area contributed by atoms with Crippen LogP contribution in [0.4, 0.5) is 0 Å². The molecule has 0 spiro atoms. The molecule has 0 aromatic heterocycles. The molecule has 84 valence electrons. The Morgan fingerprint density at radius 3 is 2.53 bits per heavy atom. The standard InChI is InChI=1S/C11H16O2S2/c1-7-8(10(12)13)3-4-9(7)11-14-5-2-6-15-11/h3-4,7-9,11H,2,5-6H2,1H3,(H,12,13)/t7-,8+,9?/m0/s1. The van der Waals surface area contributed by atoms with Crippen molar-refractivity contribution in [1.29, 1.82) is 0 Å². The predicted octanol–water partition coefficient (Wildman–Crippen LogP) is 2.71. The molecule has 2 aliphatic rings. The first-order valence-electron chi connectivity index (χ1n) is 5.34. The molecule has 0 saturated carbocycles. The third-order valence-corrected chi connectivity index (χ3v) is 6.32. The van der Waals surface area contributed by atoms with Crippen molar-refractivity contribution in [3.8, 4) is 0 Å². The molecule has 0 amide bonds. The molecule has 4 heteroatoms. The van der Waals surface area contributed by atoms with E-state index in [4.69, 9.17) is 5.11 Å². The van der Waals surface area contributed by atoms with Gasteiger partial charge in [-0.05, 0) is 23.8 Å². The summed E-state index contributed by atoms with van der Waals surface area (Å²) in [7, 11) is 0. The quantitative estimate of drug-likeness (QED) is 0.758. The molecule has 1 unspecified atom stereocenters. The maximum Gasteiger partial charge on any atom is 0.310 e. The van der Waals surface area contributed by atoms with Gasteiger partial charge in [0.2, 0.25) is 0 Å². The molecule has 15 heavy (non-hydrogen) atoms. The van der Waals surface area contributed by atoms with E-state index in [1.165, 1.54) is 17.9 Å². The first-order chi connectivity index (χ1) is 7.20. The number of carboxylic acids is 1. The number of carbonyl (C=O) groups is 1. The van der Waals surface area contributed by atoms with Crippen molar-refractivity contribution in [1.82, 2.24) is 0 Å². The second-order valence-corrected chi connectivity index (χ2v) is 6.95. The lowest BCUT2D eigenvalue weighted by molar-refractivity contribution is -0.141. The van der Waals surface area contributed by atoms with Crippen LogP contribution in [0.15, 0.2) is 12.2 Å². The predicted molar refractivity (Wildman–Crippen MR) is 66.2 cm³/mol. The second kappa shape index (κ2) is 4.83. The first-order valence-corrected chi connectivity index (χ1v) is 7.44. The molecule has 0 radical (unpaired) electrons. The highest BCUT2D eigenvalue weighted by Crippen LogP contribution is 2.44. The second-order valence-electron chi connectivity index (χ2n) is 4.15. The van der Waals surface area contributed by atoms with Crippen molar-refractivity contribution < 1.29 is 9.90 Å². The van der Waals surface area contributed by atoms with E-state index < -0.39 is 5.97 Å². The van der Waals surface area contributed by atoms with E-state index in [2.05, 4.69) is 13.0 Å². The Morgan fingerprint density at radius 1 is 1.33 bits per heavy atom. The summed E-state index contributed by atoms with van der Waals surface area (Å²) >= 11 is 3.99. The van der Waals surface area contributed by atoms with E-state index in [0.717, 1.165) is 0 Å². The molecule has 2 nitrogen and oxygen atoms in total. The topological polar surface area (TPSA) is 37.3 Å². The van der Waals surface area contributed by atoms with Gasteiger partial charge >= 0.3 is 5.97 Å². The van der Waals surface area contributed by atoms with Crippen LogP contribution in [0.2, 0.25) is 0 Å². The maximum absolute atomic E-state index is 11.0. The van der Waals surface area contributed by atoms with Crippen molar-refractivity contribution >= 4 is 29.5 Å². The molecule has 1 heterocycles. The number of aliphatic carboxylic acids is 1. The average Bonchev–Trinajstić information content (AvgIpc) is 2.61. The Balaban J connectivity index is 2.00. The van der Waals surface area contributed by atoms with Gasteiger partial charge in [0, 0.05) is 5.92 Å². The molecular formula is C11H16O2S2. The van der Waals surface area contributed by atoms with Crippen LogP contribution in [0.3, 0.4) is 0 Å². The van der Waals surface area contributed by atoms with Crippen molar-refractivity contribution in [2.45, 2.75) is 17.9 Å². The number of rotatable bonds is 2. The van der Waals surface area contributed by atoms with Gasteiger partial charge < -0.3 is 5.11 Å². The SMILES string of the molecule is C[C@@H]1C(C2SCCCS2)C=C[C@H]1C(=O)O. The Kier molecular flexibility index (Phi) is 3.67. The van der Waals surface area contributed by atoms with Crippen molar-refractivity contribution in [3.63, 3.8) is 0 Å². The lowest BCUT2D eigenvalue weighted by Gasteiger charge is -2.29. The fourth-order valence-electron chi connectivity index (χ4n) is 2.21. The summed E-state index contributed by atoms with van der Waals surface area (Å²) < 4.78 is 0.578. The zero-order chi connectivity index (χ0) is 10.8. The van der Waals surface area contributed by atoms with Crippen LogP contribution in [-0.2, 0) is 4.79 Å². The zero-order valence-corrected chi connectivity index (χ0v) is 10.4. The number of carboxylic acid groups (broad SMARTS) is 1. The molecule has 0 bridgehead atoms. The number of hydrogen-bond donors (Lipinski definition) is 1. The maximum atomic E-state index is 11.0. The van der Waals surface area contributed by atoms with Gasteiger partial charge in [-0.3, -0.25) is 4.79 Å². The molecule has 1 aliphatic carbocycles. The molecule has 1 aliphatic heterocycles. The molecule has 3 atom stereocenters. The Hall–Kier alpha value is -0.0900. The van der Waals surface area contributed by atoms with Gasteiger partial charge in [-0.2, -0.15) is 0 Å². The van der Waals surface area contributed by atoms with Crippen molar-refractivity contribution in [2.75, 3.05) is 11.5 Å². The highest BCUT2D eigenvalue weighted by molar-refractivity contribution is 8.17. The molecule has 1 saturated heterocycles. The molecule has 0 aromatic carbocycles. The van der Waals surface area contributed by atoms with Crippen molar-refractivity contribution in [3.05, 3.63) is 12.2 Å². The third kappa shape index (κ3) is 2.36. The molecule has 2 rings (SSSR count). The van der Waals surface area contributed by atoms with Gasteiger partial charge in [-0.1, -0.05) is 19.1 Å². The summed E-state index contributed by atoms with van der Waals surface area (Å²) in [5.74, 6) is 2.22. The smallest absolute Gasteiger partial charge is 0.310 e. The van der Waals surface area contributed by atoms with Gasteiger partial charge in [0.05, 0.1) is 10.5 Å². The van der Waals surface area contributed by atoms with Crippen LogP contribution in [0, 0.1) is 17.8 Å². The Labute approximate surface area is 98.9 Å². The first kappa shape index (κ1) is 11.4. The molecular weight excluding hydrogens is 228 g/mol. The van der Waals surface area contributed by atoms with Gasteiger partial charge in [0.1, 0.15) is 0 Å². The summed E-state index contributed by atoms with van der Waals surface area (Å²) in [5, 5.41) is 9.03. The van der Waals surface area contributed by atoms with Crippen LogP contribution < -0.4 is 0 Å². The van der Waals surface area contributed by atoms with Gasteiger partial charge in [0.15, 0.2) is 0 Å². The fraction of sp³-hybridized carbons (Fsp3) is 0.727. The summed E-state index contributed by atoms with van der Waals surface area (Å²) in [6.07, 6.45) is 5.30. The highest BCUT2D eigenvalue weighted by atomic mass is 32.2. The van der Waals surface area contributed by atoms with E-state index in [1.54, 1.807) is 0 Å². The summed E-state index contributed by atoms with van der Waals surface area (Å²) in [5.41, 5.74) is 0. The lowest BCUT2D eigenvalue weighted by atomic mass is 9.91. The van der Waals surface area contributed by atoms with E-state index in [1.807, 2.05) is 29.6 Å². The summed E-state index contributed by atoms with van der Waals surface area (Å²) in [6, 6.07) is 0. The number of thioether (sulfide) groups is 2. The molecule has 1 fully saturated rings. The fourth-order valence-corrected chi connectivity index (χ4v) is 5.57. The van der Waals surface area contributed by atoms with Crippen LogP contribution in [0.5, 0.6) is 0 Å². The van der Waals surface area contributed by atoms with E-state index >= 15 is 0 Å². The van der Waals surface area contributed by atoms with E-state index in [-0.39, 0.29) is 11.8 Å². The van der Waals surface area contributed by atoms with E-state index in [0.29, 0.717) is 10.5 Å². The largest absolute Gasteiger partial charge is 0.481 e. The average molecular weight is 244 g/mol. The monoisotopic (exact) mass is 244 g/mol. The number of allylic oxidation sites excluding steroid dienone is 1. The zero-order valence-electron chi connectivity index (χ0n) is 8.76.